The molecule has 0 spiro atoms. The number of hydrogen-bond donors (Lipinski definition) is 1. The molecule has 1 fully saturated rings. The minimum atomic E-state index is -3.84. The number of sulfonamides is 1. The van der Waals surface area contributed by atoms with E-state index >= 15 is 0 Å². The summed E-state index contributed by atoms with van der Waals surface area (Å²) in [5.41, 5.74) is 0.367. The Balaban J connectivity index is 2.29. The fourth-order valence-electron chi connectivity index (χ4n) is 2.25. The van der Waals surface area contributed by atoms with Crippen molar-refractivity contribution in [2.45, 2.75) is 24.7 Å². The van der Waals surface area contributed by atoms with Gasteiger partial charge in [-0.2, -0.15) is 4.31 Å². The van der Waals surface area contributed by atoms with Gasteiger partial charge in [0.15, 0.2) is 0 Å². The minimum absolute atomic E-state index is 0.0623. The SMILES string of the molecule is Cc1ccc(S(=O)(=O)N2CCC[C@@H](C(=O)O)C2)cc1F. The predicted molar refractivity (Wildman–Crippen MR) is 70.3 cm³/mol. The molecule has 20 heavy (non-hydrogen) atoms. The molecule has 2 rings (SSSR count). The van der Waals surface area contributed by atoms with Gasteiger partial charge in [0.05, 0.1) is 10.8 Å². The van der Waals surface area contributed by atoms with Gasteiger partial charge in [0.2, 0.25) is 10.0 Å². The molecule has 1 N–H and O–H groups in total. The highest BCUT2D eigenvalue weighted by molar-refractivity contribution is 7.89. The van der Waals surface area contributed by atoms with Crippen LogP contribution in [0.3, 0.4) is 0 Å². The molecule has 1 atom stereocenters. The average Bonchev–Trinajstić information content (AvgIpc) is 2.42. The van der Waals surface area contributed by atoms with Gasteiger partial charge in [-0.25, -0.2) is 12.8 Å². The molecule has 0 aliphatic carbocycles. The Hall–Kier alpha value is -1.47. The first-order valence-electron chi connectivity index (χ1n) is 6.31. The van der Waals surface area contributed by atoms with Crippen LogP contribution in [0.1, 0.15) is 18.4 Å². The van der Waals surface area contributed by atoms with Gasteiger partial charge >= 0.3 is 5.97 Å². The minimum Gasteiger partial charge on any atom is -0.481 e. The standard InChI is InChI=1S/C13H16FNO4S/c1-9-4-5-11(7-12(9)14)20(18,19)15-6-2-3-10(8-15)13(16)17/h4-5,7,10H,2-3,6,8H2,1H3,(H,16,17)/t10-/m1/s1. The molecule has 0 unspecified atom stereocenters. The van der Waals surface area contributed by atoms with Crippen LogP contribution < -0.4 is 0 Å². The van der Waals surface area contributed by atoms with Crippen LogP contribution >= 0.6 is 0 Å². The first-order chi connectivity index (χ1) is 9.32. The summed E-state index contributed by atoms with van der Waals surface area (Å²) in [6.07, 6.45) is 0.953. The number of carboxylic acid groups (broad SMARTS) is 1. The Morgan fingerprint density at radius 2 is 2.15 bits per heavy atom. The normalized spacial score (nSPS) is 20.8. The summed E-state index contributed by atoms with van der Waals surface area (Å²) >= 11 is 0. The Bertz CT molecular complexity index is 629. The highest BCUT2D eigenvalue weighted by Gasteiger charge is 2.33. The van der Waals surface area contributed by atoms with Crippen LogP contribution in [0.2, 0.25) is 0 Å². The molecule has 1 aliphatic rings. The Morgan fingerprint density at radius 3 is 2.75 bits per heavy atom. The summed E-state index contributed by atoms with van der Waals surface area (Å²) in [5, 5.41) is 8.99. The van der Waals surface area contributed by atoms with Crippen molar-refractivity contribution in [1.29, 1.82) is 0 Å². The molecule has 1 aromatic carbocycles. The molecular weight excluding hydrogens is 285 g/mol. The van der Waals surface area contributed by atoms with Crippen LogP contribution in [0.5, 0.6) is 0 Å². The van der Waals surface area contributed by atoms with Crippen LogP contribution in [0.25, 0.3) is 0 Å². The number of carboxylic acids is 1. The topological polar surface area (TPSA) is 74.7 Å². The maximum Gasteiger partial charge on any atom is 0.307 e. The molecule has 1 aliphatic heterocycles. The molecule has 5 nitrogen and oxygen atoms in total. The van der Waals surface area contributed by atoms with E-state index in [2.05, 4.69) is 0 Å². The van der Waals surface area contributed by atoms with E-state index in [0.29, 0.717) is 18.4 Å². The molecule has 110 valence electrons. The number of nitrogens with zero attached hydrogens (tertiary/aromatic N) is 1. The molecular formula is C13H16FNO4S. The fraction of sp³-hybridized carbons (Fsp3) is 0.462. The molecule has 1 heterocycles. The number of carbonyl (C=O) groups is 1. The molecule has 0 saturated carbocycles. The van der Waals surface area contributed by atoms with Gasteiger partial charge in [0.25, 0.3) is 0 Å². The van der Waals surface area contributed by atoms with E-state index in [1.54, 1.807) is 6.92 Å². The zero-order valence-electron chi connectivity index (χ0n) is 11.0. The lowest BCUT2D eigenvalue weighted by Crippen LogP contribution is -2.42. The van der Waals surface area contributed by atoms with Crippen molar-refractivity contribution in [3.8, 4) is 0 Å². The summed E-state index contributed by atoms with van der Waals surface area (Å²) in [5.74, 6) is -2.29. The smallest absolute Gasteiger partial charge is 0.307 e. The highest BCUT2D eigenvalue weighted by Crippen LogP contribution is 2.24. The van der Waals surface area contributed by atoms with Crippen LogP contribution in [0, 0.1) is 18.7 Å². The second kappa shape index (κ2) is 5.49. The second-order valence-corrected chi connectivity index (χ2v) is 6.89. The first kappa shape index (κ1) is 14.9. The number of benzene rings is 1. The maximum atomic E-state index is 13.5. The number of piperidine rings is 1. The van der Waals surface area contributed by atoms with Crippen molar-refractivity contribution in [2.24, 2.45) is 5.92 Å². The van der Waals surface area contributed by atoms with Crippen molar-refractivity contribution in [3.05, 3.63) is 29.6 Å². The van der Waals surface area contributed by atoms with E-state index in [1.807, 2.05) is 0 Å². The molecule has 0 bridgehead atoms. The van der Waals surface area contributed by atoms with Gasteiger partial charge in [0, 0.05) is 13.1 Å². The number of halogens is 1. The van der Waals surface area contributed by atoms with E-state index in [4.69, 9.17) is 5.11 Å². The fourth-order valence-corrected chi connectivity index (χ4v) is 3.78. The Morgan fingerprint density at radius 1 is 1.45 bits per heavy atom. The largest absolute Gasteiger partial charge is 0.481 e. The van der Waals surface area contributed by atoms with Gasteiger partial charge in [-0.15, -0.1) is 0 Å². The lowest BCUT2D eigenvalue weighted by atomic mass is 10.0. The van der Waals surface area contributed by atoms with E-state index in [-0.39, 0.29) is 18.0 Å². The third-order valence-electron chi connectivity index (χ3n) is 3.51. The van der Waals surface area contributed by atoms with E-state index in [1.165, 1.54) is 12.1 Å². The predicted octanol–water partition coefficient (Wildman–Crippen LogP) is 1.62. The number of rotatable bonds is 3. The first-order valence-corrected chi connectivity index (χ1v) is 7.75. The van der Waals surface area contributed by atoms with Gasteiger partial charge in [-0.3, -0.25) is 4.79 Å². The second-order valence-electron chi connectivity index (χ2n) is 4.95. The molecule has 1 aromatic rings. The van der Waals surface area contributed by atoms with Crippen molar-refractivity contribution < 1.29 is 22.7 Å². The maximum absolute atomic E-state index is 13.5. The lowest BCUT2D eigenvalue weighted by molar-refractivity contribution is -0.142. The third kappa shape index (κ3) is 2.83. The van der Waals surface area contributed by atoms with Crippen LogP contribution in [0.15, 0.2) is 23.1 Å². The summed E-state index contributed by atoms with van der Waals surface area (Å²) in [6.45, 7) is 1.75. The third-order valence-corrected chi connectivity index (χ3v) is 5.38. The highest BCUT2D eigenvalue weighted by atomic mass is 32.2. The molecule has 0 aromatic heterocycles. The van der Waals surface area contributed by atoms with E-state index in [9.17, 15) is 17.6 Å². The van der Waals surface area contributed by atoms with Crippen molar-refractivity contribution in [2.75, 3.05) is 13.1 Å². The Labute approximate surface area is 117 Å². The van der Waals surface area contributed by atoms with Crippen molar-refractivity contribution in [1.82, 2.24) is 4.31 Å². The lowest BCUT2D eigenvalue weighted by Gasteiger charge is -2.29. The van der Waals surface area contributed by atoms with Gasteiger partial charge in [-0.1, -0.05) is 6.07 Å². The monoisotopic (exact) mass is 301 g/mol. The summed E-state index contributed by atoms with van der Waals surface area (Å²) in [6, 6.07) is 3.73. The molecule has 0 radical (unpaired) electrons. The van der Waals surface area contributed by atoms with Gasteiger partial charge in [0.1, 0.15) is 5.82 Å². The zero-order chi connectivity index (χ0) is 14.9. The molecule has 1 saturated heterocycles. The Kier molecular flexibility index (Phi) is 4.10. The molecule has 0 amide bonds. The summed E-state index contributed by atoms with van der Waals surface area (Å²) in [4.78, 5) is 10.8. The van der Waals surface area contributed by atoms with E-state index in [0.717, 1.165) is 10.4 Å². The average molecular weight is 301 g/mol. The van der Waals surface area contributed by atoms with Gasteiger partial charge < -0.3 is 5.11 Å². The number of aliphatic carboxylic acids is 1. The van der Waals surface area contributed by atoms with Gasteiger partial charge in [-0.05, 0) is 37.5 Å². The summed E-state index contributed by atoms with van der Waals surface area (Å²) < 4.78 is 39.4. The van der Waals surface area contributed by atoms with Crippen LogP contribution in [0.4, 0.5) is 4.39 Å². The molecule has 7 heteroatoms. The summed E-state index contributed by atoms with van der Waals surface area (Å²) in [7, 11) is -3.84. The van der Waals surface area contributed by atoms with Crippen LogP contribution in [-0.2, 0) is 14.8 Å². The van der Waals surface area contributed by atoms with Crippen molar-refractivity contribution in [3.63, 3.8) is 0 Å². The zero-order valence-corrected chi connectivity index (χ0v) is 11.9. The number of hydrogen-bond acceptors (Lipinski definition) is 3. The van der Waals surface area contributed by atoms with Crippen molar-refractivity contribution >= 4 is 16.0 Å². The van der Waals surface area contributed by atoms with E-state index < -0.39 is 27.7 Å². The number of aryl methyl sites for hydroxylation is 1. The quantitative estimate of drug-likeness (QED) is 0.920. The van der Waals surface area contributed by atoms with Crippen LogP contribution in [-0.4, -0.2) is 36.9 Å².